The van der Waals surface area contributed by atoms with Gasteiger partial charge >= 0.3 is 0 Å². The third-order valence-corrected chi connectivity index (χ3v) is 5.18. The molecule has 0 saturated heterocycles. The van der Waals surface area contributed by atoms with Crippen molar-refractivity contribution in [1.82, 2.24) is 10.6 Å². The van der Waals surface area contributed by atoms with Crippen LogP contribution < -0.4 is 24.8 Å². The Bertz CT molecular complexity index is 859. The Hall–Kier alpha value is -2.87. The third kappa shape index (κ3) is 6.32. The van der Waals surface area contributed by atoms with E-state index in [0.29, 0.717) is 29.2 Å². The van der Waals surface area contributed by atoms with Crippen LogP contribution in [0.5, 0.6) is 17.2 Å². The number of hydrogen-bond acceptors (Lipinski definition) is 6. The smallest absolute Gasteiger partial charge is 0.255 e. The monoisotopic (exact) mass is 432 g/mol. The lowest BCUT2D eigenvalue weighted by molar-refractivity contribution is -0.123. The maximum atomic E-state index is 12.8. The summed E-state index contributed by atoms with van der Waals surface area (Å²) in [5.41, 5.74) is 1.20. The molecule has 30 heavy (non-hydrogen) atoms. The van der Waals surface area contributed by atoms with Gasteiger partial charge in [-0.15, -0.1) is 0 Å². The van der Waals surface area contributed by atoms with Gasteiger partial charge in [-0.05, 0) is 42.7 Å². The van der Waals surface area contributed by atoms with Crippen molar-refractivity contribution >= 4 is 23.6 Å². The molecule has 7 nitrogen and oxygen atoms in total. The number of hydrogen-bond donors (Lipinski definition) is 2. The molecular weight excluding hydrogens is 404 g/mol. The summed E-state index contributed by atoms with van der Waals surface area (Å²) in [6.07, 6.45) is 2.47. The number of rotatable bonds is 11. The lowest BCUT2D eigenvalue weighted by Crippen LogP contribution is -2.47. The van der Waals surface area contributed by atoms with Crippen molar-refractivity contribution in [2.45, 2.75) is 19.0 Å². The number of methoxy groups -OCH3 is 3. The molecular formula is C22H28N2O5S. The van der Waals surface area contributed by atoms with Crippen LogP contribution >= 0.6 is 11.8 Å². The van der Waals surface area contributed by atoms with Crippen LogP contribution in [0.3, 0.4) is 0 Å². The third-order valence-electron chi connectivity index (χ3n) is 4.53. The standard InChI is InChI=1S/C22H28N2O5S/c1-27-16-10-9-15(20(13-16)29-3)14-23-22(26)18(11-12-30-4)24-21(25)17-7-5-6-8-19(17)28-2/h5-10,13,18H,11-12,14H2,1-4H3,(H,23,26)(H,24,25). The van der Waals surface area contributed by atoms with E-state index in [1.165, 1.54) is 7.11 Å². The average Bonchev–Trinajstić information content (AvgIpc) is 2.79. The highest BCUT2D eigenvalue weighted by atomic mass is 32.2. The number of amides is 2. The van der Waals surface area contributed by atoms with Crippen LogP contribution in [0.2, 0.25) is 0 Å². The van der Waals surface area contributed by atoms with Gasteiger partial charge in [-0.25, -0.2) is 0 Å². The molecule has 8 heteroatoms. The zero-order valence-electron chi connectivity index (χ0n) is 17.7. The van der Waals surface area contributed by atoms with Gasteiger partial charge in [0.05, 0.1) is 26.9 Å². The lowest BCUT2D eigenvalue weighted by Gasteiger charge is -2.19. The maximum absolute atomic E-state index is 12.8. The summed E-state index contributed by atoms with van der Waals surface area (Å²) in [5.74, 6) is 1.87. The molecule has 1 unspecified atom stereocenters. The number of carbonyl (C=O) groups is 2. The minimum absolute atomic E-state index is 0.259. The lowest BCUT2D eigenvalue weighted by atomic mass is 10.1. The van der Waals surface area contributed by atoms with Gasteiger partial charge in [0.1, 0.15) is 23.3 Å². The Morgan fingerprint density at radius 1 is 1.00 bits per heavy atom. The molecule has 2 rings (SSSR count). The fourth-order valence-corrected chi connectivity index (χ4v) is 3.35. The van der Waals surface area contributed by atoms with Gasteiger partial charge in [-0.1, -0.05) is 12.1 Å². The number of nitrogens with one attached hydrogen (secondary N) is 2. The molecule has 0 spiro atoms. The van der Waals surface area contributed by atoms with E-state index in [2.05, 4.69) is 10.6 Å². The second-order valence-corrected chi connectivity index (χ2v) is 7.39. The van der Waals surface area contributed by atoms with Gasteiger partial charge in [-0.3, -0.25) is 9.59 Å². The highest BCUT2D eigenvalue weighted by Gasteiger charge is 2.22. The largest absolute Gasteiger partial charge is 0.497 e. The average molecular weight is 433 g/mol. The van der Waals surface area contributed by atoms with Crippen molar-refractivity contribution in [3.8, 4) is 17.2 Å². The molecule has 2 aromatic carbocycles. The van der Waals surface area contributed by atoms with E-state index >= 15 is 0 Å². The molecule has 0 heterocycles. The minimum Gasteiger partial charge on any atom is -0.497 e. The molecule has 0 aliphatic rings. The molecule has 0 radical (unpaired) electrons. The SMILES string of the molecule is COc1ccc(CNC(=O)C(CCSC)NC(=O)c2ccccc2OC)c(OC)c1. The van der Waals surface area contributed by atoms with Crippen LogP contribution in [-0.2, 0) is 11.3 Å². The predicted octanol–water partition coefficient (Wildman–Crippen LogP) is 2.88. The van der Waals surface area contributed by atoms with Gasteiger partial charge in [0.15, 0.2) is 0 Å². The maximum Gasteiger partial charge on any atom is 0.255 e. The molecule has 2 amide bonds. The molecule has 0 aliphatic carbocycles. The molecule has 0 aliphatic heterocycles. The van der Waals surface area contributed by atoms with Gasteiger partial charge < -0.3 is 24.8 Å². The van der Waals surface area contributed by atoms with Crippen LogP contribution in [0.15, 0.2) is 42.5 Å². The Balaban J connectivity index is 2.09. The summed E-state index contributed by atoms with van der Waals surface area (Å²) >= 11 is 1.61. The van der Waals surface area contributed by atoms with Crippen molar-refractivity contribution < 1.29 is 23.8 Å². The van der Waals surface area contributed by atoms with E-state index in [-0.39, 0.29) is 18.4 Å². The van der Waals surface area contributed by atoms with E-state index in [9.17, 15) is 9.59 Å². The Morgan fingerprint density at radius 3 is 2.40 bits per heavy atom. The van der Waals surface area contributed by atoms with Crippen LogP contribution in [0.1, 0.15) is 22.3 Å². The first-order valence-electron chi connectivity index (χ1n) is 9.45. The molecule has 2 N–H and O–H groups in total. The molecule has 0 fully saturated rings. The zero-order chi connectivity index (χ0) is 21.9. The van der Waals surface area contributed by atoms with Gasteiger partial charge in [0.25, 0.3) is 5.91 Å². The van der Waals surface area contributed by atoms with Crippen molar-refractivity contribution in [2.24, 2.45) is 0 Å². The van der Waals surface area contributed by atoms with Crippen molar-refractivity contribution in [1.29, 1.82) is 0 Å². The second-order valence-electron chi connectivity index (χ2n) is 6.40. The van der Waals surface area contributed by atoms with Crippen LogP contribution in [0.4, 0.5) is 0 Å². The van der Waals surface area contributed by atoms with E-state index < -0.39 is 6.04 Å². The second kappa shape index (κ2) is 12.0. The van der Waals surface area contributed by atoms with E-state index in [1.54, 1.807) is 62.4 Å². The van der Waals surface area contributed by atoms with Gasteiger partial charge in [0.2, 0.25) is 5.91 Å². The van der Waals surface area contributed by atoms with Crippen LogP contribution in [0.25, 0.3) is 0 Å². The first kappa shape index (κ1) is 23.4. The summed E-state index contributed by atoms with van der Waals surface area (Å²) in [5, 5.41) is 5.72. The molecule has 0 bridgehead atoms. The summed E-state index contributed by atoms with van der Waals surface area (Å²) < 4.78 is 15.8. The first-order chi connectivity index (χ1) is 14.5. The zero-order valence-corrected chi connectivity index (χ0v) is 18.5. The fourth-order valence-electron chi connectivity index (χ4n) is 2.88. The number of ether oxygens (including phenoxy) is 3. The Morgan fingerprint density at radius 2 is 1.73 bits per heavy atom. The van der Waals surface area contributed by atoms with Crippen LogP contribution in [-0.4, -0.2) is 51.2 Å². The minimum atomic E-state index is -0.667. The highest BCUT2D eigenvalue weighted by molar-refractivity contribution is 7.98. The van der Waals surface area contributed by atoms with Crippen molar-refractivity contribution in [3.05, 3.63) is 53.6 Å². The van der Waals surface area contributed by atoms with E-state index in [1.807, 2.05) is 12.3 Å². The summed E-state index contributed by atoms with van der Waals surface area (Å²) in [7, 11) is 4.65. The van der Waals surface area contributed by atoms with Crippen molar-refractivity contribution in [2.75, 3.05) is 33.3 Å². The number of benzene rings is 2. The molecule has 162 valence electrons. The fraction of sp³-hybridized carbons (Fsp3) is 0.364. The van der Waals surface area contributed by atoms with E-state index in [4.69, 9.17) is 14.2 Å². The summed E-state index contributed by atoms with van der Waals surface area (Å²) in [6, 6.07) is 11.7. The Labute approximate surface area is 181 Å². The summed E-state index contributed by atoms with van der Waals surface area (Å²) in [4.78, 5) is 25.6. The first-order valence-corrected chi connectivity index (χ1v) is 10.8. The number of thioether (sulfide) groups is 1. The quantitative estimate of drug-likeness (QED) is 0.568. The predicted molar refractivity (Wildman–Crippen MR) is 119 cm³/mol. The van der Waals surface area contributed by atoms with Gasteiger partial charge in [0, 0.05) is 18.2 Å². The van der Waals surface area contributed by atoms with Crippen LogP contribution in [0, 0.1) is 0 Å². The summed E-state index contributed by atoms with van der Waals surface area (Å²) in [6.45, 7) is 0.270. The molecule has 1 atom stereocenters. The molecule has 0 aromatic heterocycles. The number of carbonyl (C=O) groups excluding carboxylic acids is 2. The highest BCUT2D eigenvalue weighted by Crippen LogP contribution is 2.24. The Kier molecular flexibility index (Phi) is 9.34. The molecule has 0 saturated carbocycles. The topological polar surface area (TPSA) is 85.9 Å². The van der Waals surface area contributed by atoms with Gasteiger partial charge in [-0.2, -0.15) is 11.8 Å². The van der Waals surface area contributed by atoms with Crippen molar-refractivity contribution in [3.63, 3.8) is 0 Å². The number of para-hydroxylation sites is 1. The molecule has 2 aromatic rings. The van der Waals surface area contributed by atoms with E-state index in [0.717, 1.165) is 11.3 Å². The normalized spacial score (nSPS) is 11.3.